The number of unbranched alkanes of at least 4 members (excludes halogenated alkanes) is 12. The molecule has 786 valence electrons. The lowest BCUT2D eigenvalue weighted by atomic mass is 9.93. The van der Waals surface area contributed by atoms with Gasteiger partial charge in [0.25, 0.3) is 11.8 Å². The van der Waals surface area contributed by atoms with Crippen LogP contribution in [-0.4, -0.2) is 414 Å². The Hall–Kier alpha value is -9.05. The van der Waals surface area contributed by atoms with E-state index >= 15 is 0 Å². The topological polar surface area (TPSA) is 718 Å². The number of carbonyl (C=O) groups excluding carboxylic acids is 15. The van der Waals surface area contributed by atoms with Crippen molar-refractivity contribution in [2.45, 2.75) is 338 Å². The molecular formula is C86H150N14O37. The summed E-state index contributed by atoms with van der Waals surface area (Å²) in [7, 11) is 2.52. The lowest BCUT2D eigenvalue weighted by Gasteiger charge is -2.47. The Kier molecular flexibility index (Phi) is 59.3. The summed E-state index contributed by atoms with van der Waals surface area (Å²) in [5.41, 5.74) is 0.0843. The van der Waals surface area contributed by atoms with E-state index in [1.54, 1.807) is 0 Å². The molecule has 4 rings (SSSR count). The number of rotatable bonds is 62. The van der Waals surface area contributed by atoms with Crippen LogP contribution in [0.1, 0.15) is 215 Å². The highest BCUT2D eigenvalue weighted by molar-refractivity contribution is 5.88. The molecule has 137 heavy (non-hydrogen) atoms. The first-order valence-electron chi connectivity index (χ1n) is 46.5. The van der Waals surface area contributed by atoms with Gasteiger partial charge in [-0.15, -0.1) is 0 Å². The maximum atomic E-state index is 13.5. The number of hydrogen-bond acceptors (Lipinski definition) is 37. The van der Waals surface area contributed by atoms with Crippen LogP contribution in [-0.2, 0) is 115 Å². The molecule has 0 radical (unpaired) electrons. The minimum atomic E-state index is -1.70. The molecule has 51 heteroatoms. The van der Waals surface area contributed by atoms with E-state index in [9.17, 15) is 139 Å². The van der Waals surface area contributed by atoms with Gasteiger partial charge in [0.2, 0.25) is 70.9 Å². The lowest BCUT2D eigenvalue weighted by molar-refractivity contribution is -0.318. The van der Waals surface area contributed by atoms with Crippen molar-refractivity contribution >= 4 is 88.7 Å². The van der Waals surface area contributed by atoms with Crippen LogP contribution in [0.2, 0.25) is 0 Å². The van der Waals surface area contributed by atoms with Crippen LogP contribution in [0, 0.1) is 0 Å². The van der Waals surface area contributed by atoms with Crippen LogP contribution in [0.5, 0.6) is 0 Å². The number of nitrogens with zero attached hydrogens (tertiary/aromatic N) is 6. The normalized spacial score (nSPS) is 24.5. The van der Waals surface area contributed by atoms with E-state index in [1.165, 1.54) is 62.7 Å². The van der Waals surface area contributed by atoms with Crippen molar-refractivity contribution in [1.82, 2.24) is 72.9 Å². The van der Waals surface area contributed by atoms with Crippen LogP contribution < -0.4 is 42.5 Å². The van der Waals surface area contributed by atoms with Gasteiger partial charge >= 0.3 is 5.97 Å². The van der Waals surface area contributed by atoms with Crippen molar-refractivity contribution < 1.29 is 182 Å². The fraction of sp³-hybridized carbons (Fsp3) is 0.802. The molecule has 0 aromatic heterocycles. The second kappa shape index (κ2) is 66.6. The summed E-state index contributed by atoms with van der Waals surface area (Å²) in [6.07, 6.45) is -17.1. The molecule has 4 fully saturated rings. The molecule has 18 unspecified atom stereocenters. The Morgan fingerprint density at radius 3 is 0.869 bits per heavy atom. The van der Waals surface area contributed by atoms with Gasteiger partial charge in [-0.25, -0.2) is 35.2 Å². The average molecular weight is 1970 g/mol. The minimum Gasteiger partial charge on any atom is -0.459 e. The Bertz CT molecular complexity index is 3740. The zero-order valence-corrected chi connectivity index (χ0v) is 79.8. The van der Waals surface area contributed by atoms with Gasteiger partial charge in [-0.3, -0.25) is 98.4 Å². The van der Waals surface area contributed by atoms with Crippen LogP contribution in [0.3, 0.4) is 0 Å². The molecule has 4 saturated heterocycles. The van der Waals surface area contributed by atoms with Gasteiger partial charge in [0.1, 0.15) is 91.9 Å². The van der Waals surface area contributed by atoms with Crippen LogP contribution in [0.25, 0.3) is 0 Å². The fourth-order valence-electron chi connectivity index (χ4n) is 14.6. The highest BCUT2D eigenvalue weighted by Crippen LogP contribution is 2.33. The third-order valence-electron chi connectivity index (χ3n) is 22.6. The summed E-state index contributed by atoms with van der Waals surface area (Å²) >= 11 is 0. The quantitative estimate of drug-likeness (QED) is 0.00915. The molecule has 4 aliphatic heterocycles. The highest BCUT2D eigenvalue weighted by Gasteiger charge is 2.55. The van der Waals surface area contributed by atoms with E-state index in [0.29, 0.717) is 166 Å². The van der Waals surface area contributed by atoms with Crippen LogP contribution >= 0.6 is 0 Å². The SMILES string of the molecule is C=C(C)C(=O)OCC1OC(OC2C(C(=O)NCCCCCN(O)C(=O)CCC(=O)NCCCCCN(O)C(=O)CCC(=O)NCCCCCN(O)C(C)=O)O[C@H](C)C(O)C2O)C(NC(C)=O)C(OC)C1O.COC1C(O)C(CO)OC(OC2C(C(=O)NCCCCCN(O)C(=O)CCC(=O)NCCCCCN(O)C(=O)CCC(=O)NCCCCCN(O)C(C)=O)O[C@H](C)C(O)C2O)C1NC(C)=O. The Morgan fingerprint density at radius 1 is 0.336 bits per heavy atom. The summed E-state index contributed by atoms with van der Waals surface area (Å²) in [4.78, 5) is 183. The van der Waals surface area contributed by atoms with Crippen molar-refractivity contribution in [2.75, 3.05) is 106 Å². The summed E-state index contributed by atoms with van der Waals surface area (Å²) in [6, 6.07) is -2.37. The number of hydroxylamine groups is 12. The number of amides is 14. The van der Waals surface area contributed by atoms with E-state index in [-0.39, 0.29) is 128 Å². The van der Waals surface area contributed by atoms with Gasteiger partial charge < -0.3 is 121 Å². The molecule has 0 bridgehead atoms. The van der Waals surface area contributed by atoms with Gasteiger partial charge in [0.05, 0.1) is 18.8 Å². The minimum absolute atomic E-state index is 0.0330. The summed E-state index contributed by atoms with van der Waals surface area (Å²) in [6.45, 7) is 13.6. The van der Waals surface area contributed by atoms with Crippen molar-refractivity contribution in [3.63, 3.8) is 0 Å². The Morgan fingerprint density at radius 2 is 0.606 bits per heavy atom. The summed E-state index contributed by atoms with van der Waals surface area (Å²) < 4.78 is 51.1. The third-order valence-corrected chi connectivity index (χ3v) is 22.6. The van der Waals surface area contributed by atoms with Gasteiger partial charge in [-0.1, -0.05) is 6.58 Å². The van der Waals surface area contributed by atoms with E-state index < -0.39 is 212 Å². The van der Waals surface area contributed by atoms with Gasteiger partial charge in [-0.05, 0) is 136 Å². The zero-order chi connectivity index (χ0) is 103. The van der Waals surface area contributed by atoms with Crippen molar-refractivity contribution in [2.24, 2.45) is 0 Å². The monoisotopic (exact) mass is 1970 g/mol. The van der Waals surface area contributed by atoms with Crippen LogP contribution in [0.4, 0.5) is 0 Å². The first kappa shape index (κ1) is 122. The molecule has 51 nitrogen and oxygen atoms in total. The number of esters is 1. The predicted molar refractivity (Wildman–Crippen MR) is 472 cm³/mol. The molecule has 4 heterocycles. The Labute approximate surface area is 796 Å². The maximum absolute atomic E-state index is 13.5. The van der Waals surface area contributed by atoms with Crippen molar-refractivity contribution in [1.29, 1.82) is 0 Å². The zero-order valence-electron chi connectivity index (χ0n) is 79.8. The van der Waals surface area contributed by atoms with Gasteiger partial charge in [0.15, 0.2) is 24.8 Å². The maximum Gasteiger partial charge on any atom is 0.333 e. The van der Waals surface area contributed by atoms with E-state index in [2.05, 4.69) is 49.1 Å². The smallest absolute Gasteiger partial charge is 0.333 e. The van der Waals surface area contributed by atoms with Gasteiger partial charge in [0, 0.05) is 177 Å². The number of aliphatic hydroxyl groups excluding tert-OH is 7. The van der Waals surface area contributed by atoms with E-state index in [1.807, 2.05) is 0 Å². The number of ether oxygens (including phenoxy) is 9. The van der Waals surface area contributed by atoms with Crippen LogP contribution in [0.15, 0.2) is 12.2 Å². The standard InChI is InChI=1S/C45H77N7O19.C41H73N7O18/c1-27(2)44(63)68-26-31-38(60)40(67-6)36(49-29(4)53)45(70-31)71-41-39(61)37(59)28(3)69-42(41)43(62)48-22-12-9-15-25-52(66)35(58)19-17-33(56)47-21-11-8-14-24-51(65)34(57)18-16-32(55)46-20-10-7-13-23-50(64)30(5)54;1-25-34(56)36(58)38(66-41-33(45-26(2)50)37(63-4)35(57)28(24-49)65-41)39(64-25)40(59)44-20-10-7-13-23-48(62)32(55)17-15-30(53)43-19-9-6-12-22-47(61)31(54)16-14-29(52)42-18-8-5-11-21-46(60)27(3)51/h28,31,36-42,45,59-61,64-66H,1,7-26H2,2-6H3,(H,46,55)(H,47,56)(H,48,62)(H,49,53);25,28,33-39,41,49,56-58,60-62H,5-24H2,1-4H3,(H,42,52)(H,43,53)(H,44,59)(H,45,50)/t28-,31?,36?,37?,38?,39?,40?,41?,42?,45?;25-,28?,33?,34?,35?,36?,37?,38?,39?,41?/m11/s1. The molecule has 21 N–H and O–H groups in total. The van der Waals surface area contributed by atoms with Crippen molar-refractivity contribution in [3.8, 4) is 0 Å². The van der Waals surface area contributed by atoms with Gasteiger partial charge in [-0.2, -0.15) is 0 Å². The fourth-order valence-corrected chi connectivity index (χ4v) is 14.6. The second-order valence-corrected chi connectivity index (χ2v) is 33.9. The molecule has 4 aliphatic rings. The number of hydrogen-bond donors (Lipinski definition) is 21. The predicted octanol–water partition coefficient (Wildman–Crippen LogP) is -3.73. The molecule has 0 aromatic carbocycles. The number of aliphatic hydroxyl groups is 7. The lowest BCUT2D eigenvalue weighted by Crippen LogP contribution is -2.68. The Balaban J connectivity index is 0.000000707. The number of nitrogens with one attached hydrogen (secondary N) is 8. The summed E-state index contributed by atoms with van der Waals surface area (Å²) in [5, 5.41) is 158. The third kappa shape index (κ3) is 45.8. The largest absolute Gasteiger partial charge is 0.459 e. The molecular weight excluding hydrogens is 1820 g/mol. The first-order valence-corrected chi connectivity index (χ1v) is 46.5. The number of carbonyl (C=O) groups is 15. The average Bonchev–Trinajstić information content (AvgIpc) is 0.777. The first-order chi connectivity index (χ1) is 64.9. The molecule has 0 spiro atoms. The van der Waals surface area contributed by atoms with E-state index in [0.717, 1.165) is 0 Å². The second-order valence-electron chi connectivity index (χ2n) is 33.9. The molecule has 20 atom stereocenters. The molecule has 0 saturated carbocycles. The highest BCUT2D eigenvalue weighted by atomic mass is 16.7. The van der Waals surface area contributed by atoms with E-state index in [4.69, 9.17) is 42.6 Å². The molecule has 0 aliphatic carbocycles. The van der Waals surface area contributed by atoms with Crippen molar-refractivity contribution in [3.05, 3.63) is 12.2 Å². The summed E-state index contributed by atoms with van der Waals surface area (Å²) in [5.74, 6) is -8.18. The molecule has 14 amide bonds. The number of methoxy groups -OCH3 is 2. The molecule has 0 aromatic rings.